The van der Waals surface area contributed by atoms with Crippen LogP contribution in [0.15, 0.2) is 0 Å². The SMILES string of the molecule is CCN(CC(=O)O)C(=O)NCCCCOC(C)C. The van der Waals surface area contributed by atoms with E-state index in [4.69, 9.17) is 9.84 Å². The number of carbonyl (C=O) groups excluding carboxylic acids is 1. The van der Waals surface area contributed by atoms with Gasteiger partial charge in [-0.25, -0.2) is 4.79 Å². The summed E-state index contributed by atoms with van der Waals surface area (Å²) in [7, 11) is 0. The van der Waals surface area contributed by atoms with Crippen LogP contribution < -0.4 is 5.32 Å². The van der Waals surface area contributed by atoms with Crippen molar-refractivity contribution in [2.24, 2.45) is 0 Å². The van der Waals surface area contributed by atoms with Crippen LogP contribution in [0, 0.1) is 0 Å². The molecule has 0 bridgehead atoms. The van der Waals surface area contributed by atoms with Gasteiger partial charge >= 0.3 is 12.0 Å². The third kappa shape index (κ3) is 8.81. The van der Waals surface area contributed by atoms with Crippen LogP contribution in [0.2, 0.25) is 0 Å². The highest BCUT2D eigenvalue weighted by Gasteiger charge is 2.13. The molecule has 0 aliphatic heterocycles. The highest BCUT2D eigenvalue weighted by atomic mass is 16.5. The average molecular weight is 260 g/mol. The highest BCUT2D eigenvalue weighted by Crippen LogP contribution is 1.94. The fourth-order valence-corrected chi connectivity index (χ4v) is 1.34. The van der Waals surface area contributed by atoms with Crippen molar-refractivity contribution in [3.05, 3.63) is 0 Å². The molecule has 0 rings (SSSR count). The number of ether oxygens (including phenoxy) is 1. The Balaban J connectivity index is 3.65. The van der Waals surface area contributed by atoms with Crippen LogP contribution in [0.4, 0.5) is 4.79 Å². The molecule has 6 nitrogen and oxygen atoms in total. The van der Waals surface area contributed by atoms with E-state index in [-0.39, 0.29) is 18.7 Å². The Bertz CT molecular complexity index is 256. The Kier molecular flexibility index (Phi) is 9.00. The zero-order valence-electron chi connectivity index (χ0n) is 11.4. The molecule has 0 aromatic heterocycles. The topological polar surface area (TPSA) is 78.9 Å². The molecular weight excluding hydrogens is 236 g/mol. The number of nitrogens with one attached hydrogen (secondary N) is 1. The zero-order valence-corrected chi connectivity index (χ0v) is 11.4. The number of amides is 2. The van der Waals surface area contributed by atoms with Gasteiger partial charge in [0.2, 0.25) is 0 Å². The predicted octanol–water partition coefficient (Wildman–Crippen LogP) is 1.31. The molecule has 0 fully saturated rings. The normalized spacial score (nSPS) is 10.4. The number of rotatable bonds is 9. The predicted molar refractivity (Wildman–Crippen MR) is 68.6 cm³/mol. The number of carboxylic acids is 1. The number of carbonyl (C=O) groups is 2. The molecular formula is C12H24N2O4. The molecule has 6 heteroatoms. The summed E-state index contributed by atoms with van der Waals surface area (Å²) in [5.74, 6) is -1.00. The highest BCUT2D eigenvalue weighted by molar-refractivity contribution is 5.79. The maximum atomic E-state index is 11.6. The van der Waals surface area contributed by atoms with E-state index in [0.717, 1.165) is 12.8 Å². The number of hydrogen-bond donors (Lipinski definition) is 2. The fraction of sp³-hybridized carbons (Fsp3) is 0.833. The Hall–Kier alpha value is -1.30. The second kappa shape index (κ2) is 9.70. The Morgan fingerprint density at radius 3 is 2.50 bits per heavy atom. The van der Waals surface area contributed by atoms with Gasteiger partial charge in [-0.15, -0.1) is 0 Å². The van der Waals surface area contributed by atoms with Crippen LogP contribution in [0.3, 0.4) is 0 Å². The summed E-state index contributed by atoms with van der Waals surface area (Å²) >= 11 is 0. The first kappa shape index (κ1) is 16.7. The maximum absolute atomic E-state index is 11.6. The molecule has 0 saturated carbocycles. The van der Waals surface area contributed by atoms with Crippen molar-refractivity contribution >= 4 is 12.0 Å². The summed E-state index contributed by atoms with van der Waals surface area (Å²) in [6.07, 6.45) is 1.93. The van der Waals surface area contributed by atoms with E-state index in [0.29, 0.717) is 19.7 Å². The van der Waals surface area contributed by atoms with E-state index in [2.05, 4.69) is 5.32 Å². The first-order valence-corrected chi connectivity index (χ1v) is 6.33. The summed E-state index contributed by atoms with van der Waals surface area (Å²) in [6, 6.07) is -0.329. The largest absolute Gasteiger partial charge is 0.480 e. The van der Waals surface area contributed by atoms with E-state index >= 15 is 0 Å². The lowest BCUT2D eigenvalue weighted by atomic mass is 10.3. The van der Waals surface area contributed by atoms with Crippen molar-refractivity contribution in [3.8, 4) is 0 Å². The minimum Gasteiger partial charge on any atom is -0.480 e. The third-order valence-corrected chi connectivity index (χ3v) is 2.29. The van der Waals surface area contributed by atoms with Crippen molar-refractivity contribution in [1.29, 1.82) is 0 Å². The molecule has 2 N–H and O–H groups in total. The van der Waals surface area contributed by atoms with Gasteiger partial charge in [0.1, 0.15) is 6.54 Å². The van der Waals surface area contributed by atoms with Crippen molar-refractivity contribution in [3.63, 3.8) is 0 Å². The molecule has 0 saturated heterocycles. The number of nitrogens with zero attached hydrogens (tertiary/aromatic N) is 1. The summed E-state index contributed by atoms with van der Waals surface area (Å²) in [4.78, 5) is 23.3. The fourth-order valence-electron chi connectivity index (χ4n) is 1.34. The Labute approximate surface area is 108 Å². The van der Waals surface area contributed by atoms with E-state index in [1.807, 2.05) is 13.8 Å². The summed E-state index contributed by atoms with van der Waals surface area (Å²) in [5.41, 5.74) is 0. The molecule has 0 atom stereocenters. The van der Waals surface area contributed by atoms with Gasteiger partial charge in [-0.2, -0.15) is 0 Å². The monoisotopic (exact) mass is 260 g/mol. The molecule has 0 aromatic rings. The molecule has 18 heavy (non-hydrogen) atoms. The average Bonchev–Trinajstić information content (AvgIpc) is 2.29. The molecule has 0 aliphatic rings. The number of hydrogen-bond acceptors (Lipinski definition) is 3. The van der Waals surface area contributed by atoms with Crippen molar-refractivity contribution in [1.82, 2.24) is 10.2 Å². The van der Waals surface area contributed by atoms with Gasteiger partial charge < -0.3 is 20.1 Å². The quantitative estimate of drug-likeness (QED) is 0.613. The Morgan fingerprint density at radius 1 is 1.33 bits per heavy atom. The van der Waals surface area contributed by atoms with Crippen LogP contribution in [0.25, 0.3) is 0 Å². The molecule has 2 amide bonds. The third-order valence-electron chi connectivity index (χ3n) is 2.29. The van der Waals surface area contributed by atoms with E-state index in [1.54, 1.807) is 6.92 Å². The standard InChI is InChI=1S/C12H24N2O4/c1-4-14(9-11(15)16)12(17)13-7-5-6-8-18-10(2)3/h10H,4-9H2,1-3H3,(H,13,17)(H,15,16). The maximum Gasteiger partial charge on any atom is 0.323 e. The summed E-state index contributed by atoms with van der Waals surface area (Å²) in [5, 5.41) is 11.3. The van der Waals surface area contributed by atoms with Crippen molar-refractivity contribution in [2.45, 2.75) is 39.7 Å². The van der Waals surface area contributed by atoms with Gasteiger partial charge in [0.15, 0.2) is 0 Å². The lowest BCUT2D eigenvalue weighted by molar-refractivity contribution is -0.137. The molecule has 0 spiro atoms. The molecule has 0 heterocycles. The molecule has 0 radical (unpaired) electrons. The van der Waals surface area contributed by atoms with Crippen molar-refractivity contribution in [2.75, 3.05) is 26.2 Å². The molecule has 106 valence electrons. The van der Waals surface area contributed by atoms with Gasteiger partial charge in [0.25, 0.3) is 0 Å². The van der Waals surface area contributed by atoms with E-state index in [1.165, 1.54) is 4.90 Å². The van der Waals surface area contributed by atoms with E-state index < -0.39 is 5.97 Å². The summed E-state index contributed by atoms with van der Waals surface area (Å²) < 4.78 is 5.37. The van der Waals surface area contributed by atoms with Crippen LogP contribution in [0.5, 0.6) is 0 Å². The van der Waals surface area contributed by atoms with Gasteiger partial charge in [-0.1, -0.05) is 0 Å². The molecule has 0 aromatic carbocycles. The first-order chi connectivity index (χ1) is 8.47. The van der Waals surface area contributed by atoms with E-state index in [9.17, 15) is 9.59 Å². The Morgan fingerprint density at radius 2 is 2.00 bits per heavy atom. The van der Waals surface area contributed by atoms with Crippen LogP contribution in [-0.4, -0.2) is 54.4 Å². The number of aliphatic carboxylic acids is 1. The second-order valence-electron chi connectivity index (χ2n) is 4.27. The number of urea groups is 1. The minimum absolute atomic E-state index is 0.228. The van der Waals surface area contributed by atoms with Gasteiger partial charge in [0.05, 0.1) is 6.10 Å². The molecule has 0 aliphatic carbocycles. The minimum atomic E-state index is -1.00. The number of carboxylic acid groups (broad SMARTS) is 1. The van der Waals surface area contributed by atoms with Crippen LogP contribution in [-0.2, 0) is 9.53 Å². The smallest absolute Gasteiger partial charge is 0.323 e. The van der Waals surface area contributed by atoms with Gasteiger partial charge in [-0.05, 0) is 33.6 Å². The van der Waals surface area contributed by atoms with Crippen LogP contribution in [0.1, 0.15) is 33.6 Å². The molecule has 0 unspecified atom stereocenters. The summed E-state index contributed by atoms with van der Waals surface area (Å²) in [6.45, 7) is 7.04. The lowest BCUT2D eigenvalue weighted by Crippen LogP contribution is -2.42. The zero-order chi connectivity index (χ0) is 14.0. The van der Waals surface area contributed by atoms with Crippen LogP contribution >= 0.6 is 0 Å². The second-order valence-corrected chi connectivity index (χ2v) is 4.27. The van der Waals surface area contributed by atoms with Crippen molar-refractivity contribution < 1.29 is 19.4 Å². The van der Waals surface area contributed by atoms with Gasteiger partial charge in [0, 0.05) is 19.7 Å². The first-order valence-electron chi connectivity index (χ1n) is 6.33. The van der Waals surface area contributed by atoms with Gasteiger partial charge in [-0.3, -0.25) is 4.79 Å². The lowest BCUT2D eigenvalue weighted by Gasteiger charge is -2.19. The number of unbranched alkanes of at least 4 members (excludes halogenated alkanes) is 1. The number of likely N-dealkylation sites (N-methyl/N-ethyl adjacent to an activating group) is 1.